The van der Waals surface area contributed by atoms with Crippen molar-refractivity contribution in [1.29, 1.82) is 0 Å². The van der Waals surface area contributed by atoms with Crippen molar-refractivity contribution >= 4 is 17.2 Å². The van der Waals surface area contributed by atoms with Crippen LogP contribution < -0.4 is 5.32 Å². The number of H-pyrrole nitrogens is 1. The first kappa shape index (κ1) is 19.3. The van der Waals surface area contributed by atoms with Crippen LogP contribution in [0.2, 0.25) is 0 Å². The number of nitrogens with zero attached hydrogens (tertiary/aromatic N) is 3. The molecule has 2 aromatic heterocycles. The monoisotopic (exact) mass is 399 g/mol. The zero-order chi connectivity index (χ0) is 19.6. The van der Waals surface area contributed by atoms with Crippen LogP contribution in [0.5, 0.6) is 0 Å². The van der Waals surface area contributed by atoms with Gasteiger partial charge in [0.2, 0.25) is 0 Å². The third-order valence-corrected chi connectivity index (χ3v) is 7.61. The summed E-state index contributed by atoms with van der Waals surface area (Å²) < 4.78 is 0. The van der Waals surface area contributed by atoms with Crippen LogP contribution in [0.1, 0.15) is 62.1 Å². The molecule has 2 heterocycles. The van der Waals surface area contributed by atoms with Crippen LogP contribution in [0.3, 0.4) is 0 Å². The number of thiophene rings is 1. The molecule has 7 heteroatoms. The summed E-state index contributed by atoms with van der Waals surface area (Å²) >= 11 is 1.57. The second kappa shape index (κ2) is 8.15. The van der Waals surface area contributed by atoms with Crippen molar-refractivity contribution in [2.24, 2.45) is 23.2 Å². The summed E-state index contributed by atoms with van der Waals surface area (Å²) in [6.45, 7) is 4.75. The average Bonchev–Trinajstić information content (AvgIpc) is 3.38. The lowest BCUT2D eigenvalue weighted by atomic mass is 9.44. The summed E-state index contributed by atoms with van der Waals surface area (Å²) in [5.74, 6) is 2.78. The number of aromatic nitrogens is 4. The van der Waals surface area contributed by atoms with Crippen LogP contribution in [0, 0.1) is 23.2 Å². The van der Waals surface area contributed by atoms with Crippen LogP contribution >= 0.6 is 11.3 Å². The molecule has 0 unspecified atom stereocenters. The van der Waals surface area contributed by atoms with Crippen LogP contribution in [-0.2, 0) is 6.42 Å². The van der Waals surface area contributed by atoms with E-state index in [1.165, 1.54) is 12.8 Å². The number of aromatic amines is 1. The Bertz CT molecular complexity index is 799. The first-order valence-electron chi connectivity index (χ1n) is 10.3. The minimum Gasteiger partial charge on any atom is -0.349 e. The molecule has 2 N–H and O–H groups in total. The molecule has 4 atom stereocenters. The third-order valence-electron chi connectivity index (χ3n) is 6.92. The Kier molecular flexibility index (Phi) is 5.62. The Morgan fingerprint density at radius 3 is 3.00 bits per heavy atom. The Hall–Kier alpha value is -2.02. The molecule has 150 valence electrons. The van der Waals surface area contributed by atoms with Crippen LogP contribution in [0.25, 0.3) is 0 Å². The number of fused-ring (bicyclic) bond motifs is 2. The van der Waals surface area contributed by atoms with Gasteiger partial charge in [0, 0.05) is 23.4 Å². The molecule has 0 aliphatic heterocycles. The van der Waals surface area contributed by atoms with E-state index in [-0.39, 0.29) is 11.9 Å². The van der Waals surface area contributed by atoms with Gasteiger partial charge in [-0.1, -0.05) is 31.2 Å². The Labute approximate surface area is 170 Å². The molecule has 0 radical (unpaired) electrons. The standard InChI is InChI=1S/C21H29N5OS/c1-21(2)16-11-14(7-5-3-4-6-8-18-23-25-26-24-18)19(17(21)12-16)22-20(27)15-9-10-28-13-15/h3,5,9-10,13-14,16-17,19H,4,6-8,11-12H2,1-2H3,(H,22,27)(H,23,24,25,26)/b5-3-/t14-,16-,17-,19+/m0/s1. The summed E-state index contributed by atoms with van der Waals surface area (Å²) in [6, 6.07) is 2.19. The number of carbonyl (C=O) groups excluding carboxylic acids is 1. The molecule has 0 spiro atoms. The average molecular weight is 400 g/mol. The number of aryl methyl sites for hydroxylation is 1. The molecule has 0 aromatic carbocycles. The molecule has 0 saturated heterocycles. The first-order valence-corrected chi connectivity index (χ1v) is 11.2. The Balaban J connectivity index is 1.32. The van der Waals surface area contributed by atoms with Gasteiger partial charge in [0.1, 0.15) is 0 Å². The van der Waals surface area contributed by atoms with Crippen molar-refractivity contribution in [3.05, 3.63) is 40.4 Å². The largest absolute Gasteiger partial charge is 0.349 e. The smallest absolute Gasteiger partial charge is 0.252 e. The minimum atomic E-state index is 0.0847. The van der Waals surface area contributed by atoms with E-state index < -0.39 is 0 Å². The molecule has 3 aliphatic carbocycles. The van der Waals surface area contributed by atoms with Crippen molar-refractivity contribution < 1.29 is 4.79 Å². The molecule has 6 nitrogen and oxygen atoms in total. The number of allylic oxidation sites excluding steroid dienone is 2. The number of nitrogens with one attached hydrogen (secondary N) is 2. The van der Waals surface area contributed by atoms with Gasteiger partial charge in [-0.3, -0.25) is 4.79 Å². The molecular weight excluding hydrogens is 370 g/mol. The fraction of sp³-hybridized carbons (Fsp3) is 0.619. The number of amides is 1. The highest BCUT2D eigenvalue weighted by atomic mass is 32.1. The normalized spacial score (nSPS) is 28.2. The van der Waals surface area contributed by atoms with E-state index in [1.807, 2.05) is 16.8 Å². The van der Waals surface area contributed by atoms with Gasteiger partial charge in [-0.2, -0.15) is 16.6 Å². The molecule has 1 amide bonds. The maximum Gasteiger partial charge on any atom is 0.252 e. The van der Waals surface area contributed by atoms with Crippen molar-refractivity contribution in [3.63, 3.8) is 0 Å². The molecule has 5 rings (SSSR count). The summed E-state index contributed by atoms with van der Waals surface area (Å²) in [7, 11) is 0. The summed E-state index contributed by atoms with van der Waals surface area (Å²) in [5, 5.41) is 21.3. The third kappa shape index (κ3) is 3.90. The zero-order valence-electron chi connectivity index (χ0n) is 16.6. The maximum atomic E-state index is 12.7. The number of tetrazole rings is 1. The van der Waals surface area contributed by atoms with Gasteiger partial charge in [0.15, 0.2) is 5.82 Å². The minimum absolute atomic E-state index is 0.0847. The molecule has 2 bridgehead atoms. The molecule has 3 saturated carbocycles. The number of hydrogen-bond donors (Lipinski definition) is 2. The predicted molar refractivity (Wildman–Crippen MR) is 110 cm³/mol. The molecular formula is C21H29N5OS. The van der Waals surface area contributed by atoms with E-state index in [0.29, 0.717) is 17.3 Å². The maximum absolute atomic E-state index is 12.7. The predicted octanol–water partition coefficient (Wildman–Crippen LogP) is 4.01. The first-order chi connectivity index (χ1) is 13.6. The van der Waals surface area contributed by atoms with Crippen LogP contribution in [-0.4, -0.2) is 32.6 Å². The second-order valence-corrected chi connectivity index (χ2v) is 9.57. The number of carbonyl (C=O) groups is 1. The van der Waals surface area contributed by atoms with Gasteiger partial charge >= 0.3 is 0 Å². The topological polar surface area (TPSA) is 83.6 Å². The van der Waals surface area contributed by atoms with E-state index >= 15 is 0 Å². The lowest BCUT2D eigenvalue weighted by Crippen LogP contribution is -2.63. The lowest BCUT2D eigenvalue weighted by Gasteiger charge is -2.62. The van der Waals surface area contributed by atoms with Crippen molar-refractivity contribution in [1.82, 2.24) is 25.9 Å². The number of hydrogen-bond acceptors (Lipinski definition) is 5. The quantitative estimate of drug-likeness (QED) is 0.519. The van der Waals surface area contributed by atoms with Gasteiger partial charge in [0.25, 0.3) is 5.91 Å². The number of unbranched alkanes of at least 4 members (excludes halogenated alkanes) is 1. The SMILES string of the molecule is CC1(C)[C@H]2C[C@H](C/C=C\CCCc3nn[nH]n3)[C@@H](NC(=O)c3ccsc3)[C@@H]1C2. The summed E-state index contributed by atoms with van der Waals surface area (Å²) in [4.78, 5) is 12.7. The van der Waals surface area contributed by atoms with Gasteiger partial charge < -0.3 is 5.32 Å². The van der Waals surface area contributed by atoms with Gasteiger partial charge in [-0.05, 0) is 66.7 Å². The number of rotatable bonds is 8. The zero-order valence-corrected chi connectivity index (χ0v) is 17.4. The van der Waals surface area contributed by atoms with Crippen molar-refractivity contribution in [3.8, 4) is 0 Å². The van der Waals surface area contributed by atoms with Gasteiger partial charge in [-0.15, -0.1) is 10.2 Å². The second-order valence-electron chi connectivity index (χ2n) is 8.79. The fourth-order valence-corrected chi connectivity index (χ4v) is 5.69. The Morgan fingerprint density at radius 2 is 2.29 bits per heavy atom. The van der Waals surface area contributed by atoms with E-state index in [2.05, 4.69) is 51.9 Å². The lowest BCUT2D eigenvalue weighted by molar-refractivity contribution is -0.110. The molecule has 2 aromatic rings. The van der Waals surface area contributed by atoms with Crippen molar-refractivity contribution in [2.45, 2.75) is 58.4 Å². The molecule has 28 heavy (non-hydrogen) atoms. The van der Waals surface area contributed by atoms with Crippen molar-refractivity contribution in [2.75, 3.05) is 0 Å². The van der Waals surface area contributed by atoms with Crippen LogP contribution in [0.15, 0.2) is 29.0 Å². The summed E-state index contributed by atoms with van der Waals surface area (Å²) in [5.41, 5.74) is 1.14. The highest BCUT2D eigenvalue weighted by molar-refractivity contribution is 7.08. The highest BCUT2D eigenvalue weighted by Crippen LogP contribution is 2.61. The van der Waals surface area contributed by atoms with E-state index in [1.54, 1.807) is 11.3 Å². The highest BCUT2D eigenvalue weighted by Gasteiger charge is 2.57. The van der Waals surface area contributed by atoms with E-state index in [9.17, 15) is 4.79 Å². The van der Waals surface area contributed by atoms with E-state index in [0.717, 1.165) is 43.0 Å². The fourth-order valence-electron chi connectivity index (χ4n) is 5.05. The van der Waals surface area contributed by atoms with Crippen LogP contribution in [0.4, 0.5) is 0 Å². The van der Waals surface area contributed by atoms with Gasteiger partial charge in [-0.25, -0.2) is 0 Å². The Morgan fingerprint density at radius 1 is 1.39 bits per heavy atom. The molecule has 3 aliphatic rings. The summed E-state index contributed by atoms with van der Waals surface area (Å²) in [6.07, 6.45) is 11.0. The van der Waals surface area contributed by atoms with Gasteiger partial charge in [0.05, 0.1) is 0 Å². The van der Waals surface area contributed by atoms with E-state index in [4.69, 9.17) is 0 Å². The molecule has 3 fully saturated rings.